The normalized spacial score (nSPS) is 27.5. The predicted molar refractivity (Wildman–Crippen MR) is 49.9 cm³/mol. The van der Waals surface area contributed by atoms with Crippen molar-refractivity contribution in [3.63, 3.8) is 0 Å². The summed E-state index contributed by atoms with van der Waals surface area (Å²) in [5, 5.41) is 9.57. The molecule has 1 heterocycles. The summed E-state index contributed by atoms with van der Waals surface area (Å²) in [6.07, 6.45) is 2.29. The van der Waals surface area contributed by atoms with Crippen LogP contribution in [0.4, 0.5) is 0 Å². The largest absolute Gasteiger partial charge is 0.389 e. The number of likely N-dealkylation sites (tertiary alicyclic amines) is 1. The van der Waals surface area contributed by atoms with Crippen molar-refractivity contribution in [1.82, 2.24) is 4.90 Å². The lowest BCUT2D eigenvalue weighted by Gasteiger charge is -2.34. The van der Waals surface area contributed by atoms with Crippen LogP contribution in [-0.4, -0.2) is 41.3 Å². The Bertz CT molecular complexity index is 142. The molecule has 0 amide bonds. The average molecular weight is 172 g/mol. The highest BCUT2D eigenvalue weighted by Crippen LogP contribution is 2.12. The Morgan fingerprint density at radius 2 is 2.25 bits per heavy atom. The summed E-state index contributed by atoms with van der Waals surface area (Å²) in [5.41, 5.74) is 5.23. The van der Waals surface area contributed by atoms with Gasteiger partial charge in [0.25, 0.3) is 0 Å². The summed E-state index contributed by atoms with van der Waals surface area (Å²) in [7, 11) is 0. The summed E-state index contributed by atoms with van der Waals surface area (Å²) < 4.78 is 0. The second-order valence-corrected chi connectivity index (χ2v) is 4.45. The van der Waals surface area contributed by atoms with Crippen LogP contribution in [0.1, 0.15) is 26.7 Å². The Morgan fingerprint density at radius 1 is 1.58 bits per heavy atom. The Morgan fingerprint density at radius 3 is 2.75 bits per heavy atom. The highest BCUT2D eigenvalue weighted by Gasteiger charge is 2.22. The molecular formula is C9H20N2O. The van der Waals surface area contributed by atoms with Gasteiger partial charge in [0.15, 0.2) is 0 Å². The molecule has 0 aromatic rings. The first-order valence-electron chi connectivity index (χ1n) is 4.68. The van der Waals surface area contributed by atoms with Crippen LogP contribution >= 0.6 is 0 Å². The average Bonchev–Trinajstić information content (AvgIpc) is 1.82. The van der Waals surface area contributed by atoms with Crippen molar-refractivity contribution in [3.05, 3.63) is 0 Å². The van der Waals surface area contributed by atoms with Crippen LogP contribution in [0.2, 0.25) is 0 Å². The van der Waals surface area contributed by atoms with E-state index in [2.05, 4.69) is 4.90 Å². The zero-order chi connectivity index (χ0) is 9.19. The van der Waals surface area contributed by atoms with Crippen LogP contribution in [0.25, 0.3) is 0 Å². The third-order valence-corrected chi connectivity index (χ3v) is 2.15. The SMILES string of the molecule is CC(C)(O)CN1CCC[C@@H](N)C1. The number of aliphatic hydroxyl groups is 1. The molecule has 1 saturated heterocycles. The molecule has 0 aromatic carbocycles. The Labute approximate surface area is 74.5 Å². The molecule has 3 nitrogen and oxygen atoms in total. The smallest absolute Gasteiger partial charge is 0.0718 e. The Hall–Kier alpha value is -0.120. The monoisotopic (exact) mass is 172 g/mol. The fourth-order valence-electron chi connectivity index (χ4n) is 1.78. The van der Waals surface area contributed by atoms with Crippen molar-refractivity contribution >= 4 is 0 Å². The van der Waals surface area contributed by atoms with E-state index in [-0.39, 0.29) is 0 Å². The molecule has 12 heavy (non-hydrogen) atoms. The van der Waals surface area contributed by atoms with E-state index in [1.54, 1.807) is 0 Å². The second kappa shape index (κ2) is 3.73. The Balaban J connectivity index is 2.32. The van der Waals surface area contributed by atoms with Gasteiger partial charge in [0.2, 0.25) is 0 Å². The van der Waals surface area contributed by atoms with E-state index < -0.39 is 5.60 Å². The van der Waals surface area contributed by atoms with Gasteiger partial charge in [-0.05, 0) is 33.2 Å². The minimum atomic E-state index is -0.586. The van der Waals surface area contributed by atoms with E-state index in [1.807, 2.05) is 13.8 Å². The van der Waals surface area contributed by atoms with Gasteiger partial charge in [0.05, 0.1) is 5.60 Å². The third kappa shape index (κ3) is 3.52. The zero-order valence-electron chi connectivity index (χ0n) is 8.08. The number of hydrogen-bond donors (Lipinski definition) is 2. The molecule has 0 radical (unpaired) electrons. The van der Waals surface area contributed by atoms with Crippen molar-refractivity contribution in [2.24, 2.45) is 5.73 Å². The van der Waals surface area contributed by atoms with Crippen molar-refractivity contribution in [3.8, 4) is 0 Å². The number of β-amino-alcohol motifs (C(OH)–C–C–N with tert-alkyl or cyclic N) is 1. The molecule has 1 fully saturated rings. The van der Waals surface area contributed by atoms with Gasteiger partial charge in [-0.25, -0.2) is 0 Å². The standard InChI is InChI=1S/C9H20N2O/c1-9(2,12)7-11-5-3-4-8(10)6-11/h8,12H,3-7,10H2,1-2H3/t8-/m1/s1. The fourth-order valence-corrected chi connectivity index (χ4v) is 1.78. The second-order valence-electron chi connectivity index (χ2n) is 4.45. The van der Waals surface area contributed by atoms with Crippen LogP contribution in [0.15, 0.2) is 0 Å². The lowest BCUT2D eigenvalue weighted by molar-refractivity contribution is 0.0276. The molecule has 0 unspecified atom stereocenters. The molecule has 0 aliphatic carbocycles. The molecule has 1 aliphatic heterocycles. The van der Waals surface area contributed by atoms with Crippen LogP contribution in [0.5, 0.6) is 0 Å². The quantitative estimate of drug-likeness (QED) is 0.625. The van der Waals surface area contributed by atoms with Crippen LogP contribution < -0.4 is 5.73 Å². The van der Waals surface area contributed by atoms with Gasteiger partial charge in [0, 0.05) is 19.1 Å². The van der Waals surface area contributed by atoms with Crippen molar-refractivity contribution in [1.29, 1.82) is 0 Å². The molecule has 3 heteroatoms. The number of rotatable bonds is 2. The first-order valence-corrected chi connectivity index (χ1v) is 4.68. The summed E-state index contributed by atoms with van der Waals surface area (Å²) in [6.45, 7) is 6.43. The number of nitrogens with zero attached hydrogens (tertiary/aromatic N) is 1. The summed E-state index contributed by atoms with van der Waals surface area (Å²) in [5.74, 6) is 0. The maximum Gasteiger partial charge on any atom is 0.0718 e. The van der Waals surface area contributed by atoms with E-state index >= 15 is 0 Å². The van der Waals surface area contributed by atoms with Crippen molar-refractivity contribution in [2.75, 3.05) is 19.6 Å². The van der Waals surface area contributed by atoms with Gasteiger partial charge in [-0.15, -0.1) is 0 Å². The molecule has 0 bridgehead atoms. The van der Waals surface area contributed by atoms with E-state index in [9.17, 15) is 5.11 Å². The third-order valence-electron chi connectivity index (χ3n) is 2.15. The van der Waals surface area contributed by atoms with Gasteiger partial charge in [-0.3, -0.25) is 4.90 Å². The highest BCUT2D eigenvalue weighted by atomic mass is 16.3. The predicted octanol–water partition coefficient (Wildman–Crippen LogP) is 0.180. The molecule has 1 aliphatic rings. The van der Waals surface area contributed by atoms with Gasteiger partial charge in [-0.2, -0.15) is 0 Å². The minimum Gasteiger partial charge on any atom is -0.389 e. The lowest BCUT2D eigenvalue weighted by atomic mass is 10.0. The fraction of sp³-hybridized carbons (Fsp3) is 1.00. The maximum absolute atomic E-state index is 9.57. The maximum atomic E-state index is 9.57. The molecular weight excluding hydrogens is 152 g/mol. The van der Waals surface area contributed by atoms with Crippen LogP contribution in [0, 0.1) is 0 Å². The van der Waals surface area contributed by atoms with Gasteiger partial charge < -0.3 is 10.8 Å². The summed E-state index contributed by atoms with van der Waals surface area (Å²) in [6, 6.07) is 0.307. The first kappa shape index (κ1) is 9.96. The van der Waals surface area contributed by atoms with Gasteiger partial charge in [0.1, 0.15) is 0 Å². The van der Waals surface area contributed by atoms with E-state index in [0.29, 0.717) is 6.04 Å². The molecule has 0 aromatic heterocycles. The number of nitrogens with two attached hydrogens (primary N) is 1. The van der Waals surface area contributed by atoms with Crippen LogP contribution in [0.3, 0.4) is 0 Å². The Kier molecular flexibility index (Phi) is 3.09. The van der Waals surface area contributed by atoms with Gasteiger partial charge in [-0.1, -0.05) is 0 Å². The minimum absolute atomic E-state index is 0.307. The topological polar surface area (TPSA) is 49.5 Å². The van der Waals surface area contributed by atoms with Gasteiger partial charge >= 0.3 is 0 Å². The zero-order valence-corrected chi connectivity index (χ0v) is 8.08. The summed E-state index contributed by atoms with van der Waals surface area (Å²) >= 11 is 0. The van der Waals surface area contributed by atoms with Crippen molar-refractivity contribution in [2.45, 2.75) is 38.3 Å². The number of piperidine rings is 1. The molecule has 0 spiro atoms. The number of hydrogen-bond acceptors (Lipinski definition) is 3. The highest BCUT2D eigenvalue weighted by molar-refractivity contribution is 4.79. The molecule has 72 valence electrons. The molecule has 1 rings (SSSR count). The summed E-state index contributed by atoms with van der Waals surface area (Å²) in [4.78, 5) is 2.24. The lowest BCUT2D eigenvalue weighted by Crippen LogP contribution is -2.48. The van der Waals surface area contributed by atoms with E-state index in [0.717, 1.165) is 32.5 Å². The van der Waals surface area contributed by atoms with Crippen molar-refractivity contribution < 1.29 is 5.11 Å². The first-order chi connectivity index (χ1) is 5.47. The molecule has 3 N–H and O–H groups in total. The van der Waals surface area contributed by atoms with Crippen LogP contribution in [-0.2, 0) is 0 Å². The van der Waals surface area contributed by atoms with E-state index in [1.165, 1.54) is 0 Å². The molecule has 0 saturated carbocycles. The van der Waals surface area contributed by atoms with E-state index in [4.69, 9.17) is 5.73 Å². The molecule has 1 atom stereocenters.